The first-order valence-corrected chi connectivity index (χ1v) is 10.8. The van der Waals surface area contributed by atoms with Crippen molar-refractivity contribution in [1.29, 1.82) is 0 Å². The zero-order valence-electron chi connectivity index (χ0n) is 17.6. The smallest absolute Gasteiger partial charge is 0.277 e. The zero-order chi connectivity index (χ0) is 22.1. The molecule has 0 radical (unpaired) electrons. The van der Waals surface area contributed by atoms with Gasteiger partial charge in [-0.05, 0) is 44.0 Å². The molecule has 0 aliphatic carbocycles. The molecule has 0 unspecified atom stereocenters. The van der Waals surface area contributed by atoms with Gasteiger partial charge in [0.15, 0.2) is 0 Å². The molecule has 7 heteroatoms. The number of carbonyl (C=O) groups excluding carboxylic acids is 1. The minimum Gasteiger partial charge on any atom is -0.333 e. The lowest BCUT2D eigenvalue weighted by Gasteiger charge is -2.12. The first kappa shape index (κ1) is 21.1. The van der Waals surface area contributed by atoms with Gasteiger partial charge >= 0.3 is 0 Å². The molecule has 1 N–H and O–H groups in total. The van der Waals surface area contributed by atoms with Crippen molar-refractivity contribution in [3.63, 3.8) is 0 Å². The molecule has 2 aromatic heterocycles. The van der Waals surface area contributed by atoms with Crippen molar-refractivity contribution in [2.24, 2.45) is 7.05 Å². The fourth-order valence-corrected chi connectivity index (χ4v) is 4.12. The molecule has 1 amide bonds. The van der Waals surface area contributed by atoms with E-state index in [4.69, 9.17) is 0 Å². The third kappa shape index (κ3) is 4.18. The Bertz CT molecular complexity index is 1350. The Morgan fingerprint density at radius 3 is 2.61 bits per heavy atom. The molecule has 6 nitrogen and oxygen atoms in total. The van der Waals surface area contributed by atoms with Gasteiger partial charge in [0.25, 0.3) is 5.56 Å². The summed E-state index contributed by atoms with van der Waals surface area (Å²) in [4.78, 5) is 25.6. The van der Waals surface area contributed by atoms with Crippen molar-refractivity contribution < 1.29 is 4.79 Å². The van der Waals surface area contributed by atoms with E-state index in [-0.39, 0.29) is 17.9 Å². The molecule has 0 bridgehead atoms. The second kappa shape index (κ2) is 8.51. The zero-order valence-corrected chi connectivity index (χ0v) is 19.2. The number of amides is 1. The molecule has 2 aromatic carbocycles. The Kier molecular flexibility index (Phi) is 5.78. The quantitative estimate of drug-likeness (QED) is 0.453. The number of aromatic nitrogens is 3. The third-order valence-corrected chi connectivity index (χ3v) is 6.05. The number of carbonyl (C=O) groups is 1. The topological polar surface area (TPSA) is 68.4 Å². The van der Waals surface area contributed by atoms with Gasteiger partial charge in [-0.25, -0.2) is 0 Å². The monoisotopic (exact) mass is 478 g/mol. The summed E-state index contributed by atoms with van der Waals surface area (Å²) >= 11 is 3.40. The molecule has 0 aliphatic heterocycles. The second-order valence-corrected chi connectivity index (χ2v) is 8.52. The maximum atomic E-state index is 13.2. The van der Waals surface area contributed by atoms with Crippen LogP contribution in [-0.2, 0) is 18.3 Å². The molecule has 2 heterocycles. The Labute approximate surface area is 188 Å². The molecular weight excluding hydrogens is 456 g/mol. The maximum absolute atomic E-state index is 13.2. The van der Waals surface area contributed by atoms with Crippen molar-refractivity contribution in [1.82, 2.24) is 14.2 Å². The number of nitrogens with zero attached hydrogens (tertiary/aromatic N) is 3. The van der Waals surface area contributed by atoms with Crippen molar-refractivity contribution in [2.75, 3.05) is 5.32 Å². The van der Waals surface area contributed by atoms with E-state index in [0.29, 0.717) is 12.0 Å². The number of benzene rings is 2. The van der Waals surface area contributed by atoms with Gasteiger partial charge in [-0.1, -0.05) is 46.3 Å². The molecule has 31 heavy (non-hydrogen) atoms. The van der Waals surface area contributed by atoms with Gasteiger partial charge in [0.2, 0.25) is 5.91 Å². The van der Waals surface area contributed by atoms with E-state index in [1.54, 1.807) is 0 Å². The fourth-order valence-electron chi connectivity index (χ4n) is 3.72. The van der Waals surface area contributed by atoms with Crippen LogP contribution in [-0.4, -0.2) is 20.1 Å². The van der Waals surface area contributed by atoms with Crippen molar-refractivity contribution in [3.8, 4) is 11.3 Å². The first-order valence-electron chi connectivity index (χ1n) is 10.0. The van der Waals surface area contributed by atoms with Crippen LogP contribution in [0.1, 0.15) is 23.2 Å². The van der Waals surface area contributed by atoms with E-state index in [1.807, 2.05) is 80.1 Å². The van der Waals surface area contributed by atoms with Gasteiger partial charge in [-0.3, -0.25) is 9.59 Å². The van der Waals surface area contributed by atoms with Crippen LogP contribution in [0.15, 0.2) is 63.9 Å². The van der Waals surface area contributed by atoms with Crippen LogP contribution in [0.5, 0.6) is 0 Å². The van der Waals surface area contributed by atoms with Crippen LogP contribution >= 0.6 is 15.9 Å². The van der Waals surface area contributed by atoms with Crippen LogP contribution < -0.4 is 10.9 Å². The van der Waals surface area contributed by atoms with E-state index < -0.39 is 0 Å². The molecule has 0 atom stereocenters. The summed E-state index contributed by atoms with van der Waals surface area (Å²) in [6, 6.07) is 17.3. The number of fused-ring (bicyclic) bond motifs is 1. The average Bonchev–Trinajstić information content (AvgIpc) is 3.18. The summed E-state index contributed by atoms with van der Waals surface area (Å²) < 4.78 is 4.29. The molecule has 158 valence electrons. The van der Waals surface area contributed by atoms with E-state index in [1.165, 1.54) is 4.52 Å². The van der Waals surface area contributed by atoms with Crippen molar-refractivity contribution in [2.45, 2.75) is 26.7 Å². The van der Waals surface area contributed by atoms with Gasteiger partial charge in [-0.15, -0.1) is 0 Å². The van der Waals surface area contributed by atoms with Gasteiger partial charge in [0.05, 0.1) is 5.69 Å². The Balaban J connectivity index is 1.63. The summed E-state index contributed by atoms with van der Waals surface area (Å²) in [6.07, 6.45) is 0.549. The largest absolute Gasteiger partial charge is 0.333 e. The summed E-state index contributed by atoms with van der Waals surface area (Å²) in [5, 5.41) is 7.46. The van der Waals surface area contributed by atoms with E-state index >= 15 is 0 Å². The molecule has 0 fully saturated rings. The minimum atomic E-state index is -0.180. The van der Waals surface area contributed by atoms with Crippen LogP contribution in [0.25, 0.3) is 16.9 Å². The highest BCUT2D eigenvalue weighted by Crippen LogP contribution is 2.23. The minimum absolute atomic E-state index is 0.138. The Hall–Kier alpha value is -3.19. The molecule has 4 rings (SSSR count). The highest BCUT2D eigenvalue weighted by atomic mass is 79.9. The predicted octanol–water partition coefficient (Wildman–Crippen LogP) is 4.65. The lowest BCUT2D eigenvalue weighted by molar-refractivity contribution is -0.116. The van der Waals surface area contributed by atoms with Gasteiger partial charge in [0, 0.05) is 46.5 Å². The molecule has 4 aromatic rings. The third-order valence-electron chi connectivity index (χ3n) is 5.56. The number of aryl methyl sites for hydroxylation is 2. The molecule has 0 saturated heterocycles. The summed E-state index contributed by atoms with van der Waals surface area (Å²) in [7, 11) is 1.92. The summed E-state index contributed by atoms with van der Waals surface area (Å²) in [6.45, 7) is 3.93. The summed E-state index contributed by atoms with van der Waals surface area (Å²) in [5.41, 5.74) is 5.55. The number of nitrogens with one attached hydrogen (secondary N) is 1. The van der Waals surface area contributed by atoms with Crippen LogP contribution in [0, 0.1) is 13.8 Å². The normalized spacial score (nSPS) is 11.1. The number of halogens is 1. The van der Waals surface area contributed by atoms with E-state index in [2.05, 4.69) is 26.3 Å². The Morgan fingerprint density at radius 1 is 1.10 bits per heavy atom. The second-order valence-electron chi connectivity index (χ2n) is 7.60. The highest BCUT2D eigenvalue weighted by molar-refractivity contribution is 9.10. The number of rotatable bonds is 5. The first-order chi connectivity index (χ1) is 14.8. The highest BCUT2D eigenvalue weighted by Gasteiger charge is 2.17. The lowest BCUT2D eigenvalue weighted by Crippen LogP contribution is -2.26. The number of hydrogen-bond acceptors (Lipinski definition) is 3. The number of hydrogen-bond donors (Lipinski definition) is 1. The Morgan fingerprint density at radius 2 is 1.87 bits per heavy atom. The average molecular weight is 479 g/mol. The predicted molar refractivity (Wildman–Crippen MR) is 126 cm³/mol. The van der Waals surface area contributed by atoms with Gasteiger partial charge in [-0.2, -0.15) is 9.61 Å². The van der Waals surface area contributed by atoms with Crippen molar-refractivity contribution in [3.05, 3.63) is 86.2 Å². The molecule has 0 aliphatic rings. The maximum Gasteiger partial charge on any atom is 0.277 e. The number of anilines is 1. The summed E-state index contributed by atoms with van der Waals surface area (Å²) in [5.74, 6) is -0.138. The fraction of sp³-hybridized carbons (Fsp3) is 0.208. The van der Waals surface area contributed by atoms with Crippen molar-refractivity contribution >= 4 is 33.2 Å². The van der Waals surface area contributed by atoms with Gasteiger partial charge < -0.3 is 9.88 Å². The molecule has 0 saturated carbocycles. The molecular formula is C24H23BrN4O2. The van der Waals surface area contributed by atoms with Crippen LogP contribution in [0.3, 0.4) is 0 Å². The van der Waals surface area contributed by atoms with Crippen LogP contribution in [0.2, 0.25) is 0 Å². The van der Waals surface area contributed by atoms with E-state index in [0.717, 1.165) is 38.3 Å². The standard InChI is InChI=1S/C24H23BrN4O2/c1-15-7-4-5-10-19(15)21-14-23-28(3)16(2)20(24(31)29(23)27-21)11-12-22(30)26-18-9-6-8-17(25)13-18/h4-10,13-14H,11-12H2,1-3H3,(H,26,30). The SMILES string of the molecule is Cc1ccccc1-c1cc2n(C)c(C)c(CCC(=O)Nc3cccc(Br)c3)c(=O)n2n1. The van der Waals surface area contributed by atoms with Gasteiger partial charge in [0.1, 0.15) is 5.65 Å². The van der Waals surface area contributed by atoms with E-state index in [9.17, 15) is 9.59 Å². The molecule has 0 spiro atoms. The van der Waals surface area contributed by atoms with Crippen LogP contribution in [0.4, 0.5) is 5.69 Å². The lowest BCUT2D eigenvalue weighted by atomic mass is 10.1.